The molecule has 31 heavy (non-hydrogen) atoms. The molecule has 0 aliphatic rings. The minimum absolute atomic E-state index is 0.0486. The van der Waals surface area contributed by atoms with Crippen molar-refractivity contribution in [2.75, 3.05) is 36.6 Å². The Bertz CT molecular complexity index is 866. The van der Waals surface area contributed by atoms with Gasteiger partial charge in [0.15, 0.2) is 5.91 Å². The quantitative estimate of drug-likeness (QED) is 0.377. The van der Waals surface area contributed by atoms with Crippen LogP contribution in [0, 0.1) is 0 Å². The maximum atomic E-state index is 11.8. The number of nitrogens with one attached hydrogen (secondary N) is 1. The van der Waals surface area contributed by atoms with E-state index in [9.17, 15) is 4.79 Å². The fourth-order valence-electron chi connectivity index (χ4n) is 2.85. The summed E-state index contributed by atoms with van der Waals surface area (Å²) in [7, 11) is 4.06. The first kappa shape index (κ1) is 27.6. The van der Waals surface area contributed by atoms with Gasteiger partial charge >= 0.3 is 22.4 Å². The molecule has 0 bridgehead atoms. The van der Waals surface area contributed by atoms with Crippen LogP contribution in [-0.2, 0) is 59.0 Å². The molecule has 0 radical (unpaired) electrons. The molecule has 2 aromatic carbocycles. The summed E-state index contributed by atoms with van der Waals surface area (Å²) >= 11 is 11.2. The van der Waals surface area contributed by atoms with Gasteiger partial charge < -0.3 is 40.8 Å². The summed E-state index contributed by atoms with van der Waals surface area (Å²) in [4.78, 5) is 13.9. The number of anilines is 2. The first-order chi connectivity index (χ1) is 14.7. The summed E-state index contributed by atoms with van der Waals surface area (Å²) in [6, 6.07) is 14.5. The van der Waals surface area contributed by atoms with E-state index >= 15 is 0 Å². The number of hydrogen-bond donors (Lipinski definition) is 2. The van der Waals surface area contributed by atoms with Crippen LogP contribution in [0.15, 0.2) is 42.5 Å². The monoisotopic (exact) mass is 541 g/mol. The maximum absolute atomic E-state index is 11.8. The van der Waals surface area contributed by atoms with Crippen LogP contribution in [0.4, 0.5) is 11.4 Å². The number of carbonyl (C=O) groups excluding carboxylic acids is 1. The predicted octanol–water partition coefficient (Wildman–Crippen LogP) is 2.68. The molecule has 3 N–H and O–H groups in total. The van der Waals surface area contributed by atoms with Crippen molar-refractivity contribution < 1.29 is 32.5 Å². The Morgan fingerprint density at radius 2 is 1.68 bits per heavy atom. The number of hydrogen-bond acceptors (Lipinski definition) is 5. The average molecular weight is 543 g/mol. The Labute approximate surface area is 207 Å². The average Bonchev–Trinajstić information content (AvgIpc) is 2.74. The van der Waals surface area contributed by atoms with E-state index in [1.165, 1.54) is 5.69 Å². The van der Waals surface area contributed by atoms with Gasteiger partial charge in [0, 0.05) is 31.0 Å². The van der Waals surface area contributed by atoms with Gasteiger partial charge in [0.25, 0.3) is 0 Å². The van der Waals surface area contributed by atoms with Crippen molar-refractivity contribution in [2.45, 2.75) is 25.1 Å². The third-order valence-electron chi connectivity index (χ3n) is 4.41. The second-order valence-electron chi connectivity index (χ2n) is 7.89. The van der Waals surface area contributed by atoms with E-state index in [2.05, 4.69) is 58.0 Å². The normalized spacial score (nSPS) is 11.0. The standard InChI is InChI=1S/C23H31N3OS2.O.Tc/c1-23(2,29)16-24-14-19-13-18(9-12-21(19)25-22(27)15-28)6-5-17-7-10-20(11-8-17)26(3)4;;/h5-13,24,28-29H,14-16H2,1-4H3,(H,25,27);;/q;;+2/p-1/b6-5+;;. The van der Waals surface area contributed by atoms with Gasteiger partial charge in [-0.2, -0.15) is 0 Å². The van der Waals surface area contributed by atoms with Crippen LogP contribution in [-0.4, -0.2) is 37.0 Å². The van der Waals surface area contributed by atoms with Crippen molar-refractivity contribution in [3.63, 3.8) is 0 Å². The van der Waals surface area contributed by atoms with Crippen LogP contribution in [0.1, 0.15) is 30.5 Å². The van der Waals surface area contributed by atoms with Crippen LogP contribution in [0.25, 0.3) is 12.2 Å². The van der Waals surface area contributed by atoms with Crippen molar-refractivity contribution in [1.29, 1.82) is 0 Å². The summed E-state index contributed by atoms with van der Waals surface area (Å²) in [5.74, 6) is -0.110. The first-order valence-electron chi connectivity index (χ1n) is 9.82. The third kappa shape index (κ3) is 10.6. The molecule has 1 amide bonds. The molecule has 0 saturated heterocycles. The third-order valence-corrected chi connectivity index (χ3v) is 4.84. The van der Waals surface area contributed by atoms with E-state index in [0.717, 1.165) is 54.3 Å². The van der Waals surface area contributed by atoms with Crippen LogP contribution in [0.2, 0.25) is 0 Å². The second-order valence-corrected chi connectivity index (χ2v) is 9.28. The fourth-order valence-corrected chi connectivity index (χ4v) is 3.04. The van der Waals surface area contributed by atoms with Crippen molar-refractivity contribution in [3.05, 3.63) is 59.2 Å². The van der Waals surface area contributed by atoms with Crippen LogP contribution < -0.4 is 15.5 Å². The topological polar surface area (TPSA) is 66.0 Å². The summed E-state index contributed by atoms with van der Waals surface area (Å²) in [5, 5.41) is 5.09. The minimum atomic E-state index is -0.166. The van der Waals surface area contributed by atoms with Gasteiger partial charge in [0.2, 0.25) is 0 Å². The number of carbonyl (C=O) groups is 1. The van der Waals surface area contributed by atoms with Crippen LogP contribution >= 0.6 is 0 Å². The van der Waals surface area contributed by atoms with E-state index < -0.39 is 0 Å². The van der Waals surface area contributed by atoms with Crippen molar-refractivity contribution in [1.82, 2.24) is 0 Å². The molecule has 0 unspecified atom stereocenters. The Hall–Kier alpha value is -1.44. The molecular formula is C23H30N3O2S2Tc+. The summed E-state index contributed by atoms with van der Waals surface area (Å²) in [6.07, 6.45) is 4.18. The number of quaternary nitrogens is 1. The Morgan fingerprint density at radius 3 is 2.23 bits per heavy atom. The van der Waals surface area contributed by atoms with Crippen LogP contribution in [0.5, 0.6) is 0 Å². The zero-order valence-corrected chi connectivity index (χ0v) is 21.8. The van der Waals surface area contributed by atoms with Gasteiger partial charge in [-0.25, -0.2) is 0 Å². The zero-order chi connectivity index (χ0) is 23.4. The molecule has 0 aromatic heterocycles. The zero-order valence-electron chi connectivity index (χ0n) is 18.4. The number of rotatable bonds is 9. The molecule has 0 aliphatic heterocycles. The predicted molar refractivity (Wildman–Crippen MR) is 130 cm³/mol. The van der Waals surface area contributed by atoms with Crippen molar-refractivity contribution in [3.8, 4) is 0 Å². The number of nitrogens with two attached hydrogens (primary N) is 1. The van der Waals surface area contributed by atoms with E-state index in [4.69, 9.17) is 28.8 Å². The molecule has 8 heteroatoms. The molecule has 0 aliphatic carbocycles. The Kier molecular flexibility index (Phi) is 12.3. The van der Waals surface area contributed by atoms with E-state index in [-0.39, 0.29) is 16.4 Å². The molecule has 0 saturated carbocycles. The van der Waals surface area contributed by atoms with E-state index in [1.807, 2.05) is 40.1 Å². The van der Waals surface area contributed by atoms with Crippen molar-refractivity contribution in [2.24, 2.45) is 0 Å². The Morgan fingerprint density at radius 1 is 1.10 bits per heavy atom. The molecule has 0 spiro atoms. The molecule has 2 rings (SSSR count). The second kappa shape index (κ2) is 13.9. The Balaban J connectivity index is 0.00000233. The van der Waals surface area contributed by atoms with Gasteiger partial charge in [-0.3, -0.25) is 4.79 Å². The molecule has 0 atom stereocenters. The van der Waals surface area contributed by atoms with Crippen molar-refractivity contribution >= 4 is 54.7 Å². The molecule has 2 aromatic rings. The summed E-state index contributed by atoms with van der Waals surface area (Å²) < 4.78 is 8.05. The van der Waals surface area contributed by atoms with Gasteiger partial charge in [-0.1, -0.05) is 50.0 Å². The summed E-state index contributed by atoms with van der Waals surface area (Å²) in [6.45, 7) is 5.65. The first-order valence-corrected chi connectivity index (χ1v) is 11.6. The summed E-state index contributed by atoms with van der Waals surface area (Å²) in [5.41, 5.74) is 5.27. The number of benzene rings is 2. The van der Waals surface area contributed by atoms with Gasteiger partial charge in [-0.15, -0.1) is 4.75 Å². The van der Waals surface area contributed by atoms with Gasteiger partial charge in [0.1, 0.15) is 6.54 Å². The van der Waals surface area contributed by atoms with E-state index in [0.29, 0.717) is 0 Å². The molecule has 167 valence electrons. The van der Waals surface area contributed by atoms with Gasteiger partial charge in [0.05, 0.1) is 6.54 Å². The fraction of sp³-hybridized carbons (Fsp3) is 0.348. The SMILES string of the molecule is CN(C)c1ccc(/C=C/c2ccc(NC(=O)C[S-])c(C[NH2+]CC(C)(C)[S-])c2)cc1.[O]=[Tc+2]. The molecular weight excluding hydrogens is 512 g/mol. The molecule has 0 heterocycles. The molecule has 5 nitrogen and oxygen atoms in total. The van der Waals surface area contributed by atoms with E-state index in [1.54, 1.807) is 0 Å². The van der Waals surface area contributed by atoms with Gasteiger partial charge in [-0.05, 0) is 35.4 Å². The molecule has 0 fully saturated rings. The van der Waals surface area contributed by atoms with Crippen LogP contribution in [0.3, 0.4) is 0 Å². The number of nitrogens with zero attached hydrogens (tertiary/aromatic N) is 1. The number of amides is 1.